The molecule has 3 heterocycles. The number of nitrogens with one attached hydrogen (secondary N) is 1. The average molecular weight is 451 g/mol. The Labute approximate surface area is 196 Å². The molecule has 8 nitrogen and oxygen atoms in total. The van der Waals surface area contributed by atoms with Gasteiger partial charge in [0.15, 0.2) is 11.5 Å². The molecule has 0 aliphatic carbocycles. The largest absolute Gasteiger partial charge is 0.496 e. The number of amides is 1. The molecule has 0 saturated carbocycles. The summed E-state index contributed by atoms with van der Waals surface area (Å²) in [7, 11) is 1.60. The van der Waals surface area contributed by atoms with Crippen LogP contribution in [0.25, 0.3) is 28.3 Å². The highest BCUT2D eigenvalue weighted by atomic mass is 16.5. The van der Waals surface area contributed by atoms with Gasteiger partial charge >= 0.3 is 0 Å². The van der Waals surface area contributed by atoms with Crippen molar-refractivity contribution in [2.75, 3.05) is 12.4 Å². The van der Waals surface area contributed by atoms with E-state index >= 15 is 0 Å². The Morgan fingerprint density at radius 1 is 0.971 bits per heavy atom. The number of aryl methyl sites for hydroxylation is 1. The standard InChI is InChI=1S/C26H22N6O2/c1-16-12-20(14-23(34-3)17(16)2)26(33)28-21-8-4-6-18(13-21)22-9-10-24-29-30-25(32(24)31-22)19-7-5-11-27-15-19/h4-15H,1-3H3,(H,28,33). The molecule has 1 N–H and O–H groups in total. The van der Waals surface area contributed by atoms with Crippen LogP contribution in [-0.4, -0.2) is 37.8 Å². The molecule has 0 atom stereocenters. The molecule has 168 valence electrons. The highest BCUT2D eigenvalue weighted by Gasteiger charge is 2.14. The number of hydrogen-bond acceptors (Lipinski definition) is 6. The van der Waals surface area contributed by atoms with E-state index in [9.17, 15) is 4.79 Å². The summed E-state index contributed by atoms with van der Waals surface area (Å²) in [5, 5.41) is 16.2. The minimum absolute atomic E-state index is 0.209. The second kappa shape index (κ2) is 8.74. The number of carbonyl (C=O) groups is 1. The first-order chi connectivity index (χ1) is 16.5. The Morgan fingerprint density at radius 3 is 2.62 bits per heavy atom. The topological polar surface area (TPSA) is 94.3 Å². The Kier molecular flexibility index (Phi) is 5.47. The Balaban J connectivity index is 1.45. The number of rotatable bonds is 5. The van der Waals surface area contributed by atoms with Gasteiger partial charge in [-0.05, 0) is 73.5 Å². The first-order valence-corrected chi connectivity index (χ1v) is 10.7. The number of ether oxygens (including phenoxy) is 1. The van der Waals surface area contributed by atoms with E-state index in [1.807, 2.05) is 68.4 Å². The summed E-state index contributed by atoms with van der Waals surface area (Å²) in [5.41, 5.74) is 6.24. The van der Waals surface area contributed by atoms with Crippen LogP contribution in [0.1, 0.15) is 21.5 Å². The lowest BCUT2D eigenvalue weighted by Gasteiger charge is -2.12. The number of aromatic nitrogens is 5. The fourth-order valence-electron chi connectivity index (χ4n) is 3.75. The van der Waals surface area contributed by atoms with Crippen molar-refractivity contribution in [3.63, 3.8) is 0 Å². The van der Waals surface area contributed by atoms with Gasteiger partial charge in [0, 0.05) is 34.8 Å². The zero-order valence-electron chi connectivity index (χ0n) is 19.0. The van der Waals surface area contributed by atoms with Crippen LogP contribution in [0.4, 0.5) is 5.69 Å². The van der Waals surface area contributed by atoms with Crippen molar-refractivity contribution in [3.8, 4) is 28.4 Å². The number of nitrogens with zero attached hydrogens (tertiary/aromatic N) is 5. The maximum atomic E-state index is 12.9. The minimum atomic E-state index is -0.209. The van der Waals surface area contributed by atoms with Crippen molar-refractivity contribution in [1.29, 1.82) is 0 Å². The highest BCUT2D eigenvalue weighted by molar-refractivity contribution is 6.05. The second-order valence-electron chi connectivity index (χ2n) is 7.91. The van der Waals surface area contributed by atoms with E-state index in [0.29, 0.717) is 28.5 Å². The van der Waals surface area contributed by atoms with Crippen LogP contribution in [0.2, 0.25) is 0 Å². The monoisotopic (exact) mass is 450 g/mol. The second-order valence-corrected chi connectivity index (χ2v) is 7.91. The molecule has 3 aromatic heterocycles. The van der Waals surface area contributed by atoms with E-state index in [1.54, 1.807) is 30.1 Å². The maximum absolute atomic E-state index is 12.9. The van der Waals surface area contributed by atoms with Crippen molar-refractivity contribution >= 4 is 17.2 Å². The van der Waals surface area contributed by atoms with Gasteiger partial charge in [0.05, 0.1) is 12.8 Å². The summed E-state index contributed by atoms with van der Waals surface area (Å²) in [5.74, 6) is 1.09. The summed E-state index contributed by atoms with van der Waals surface area (Å²) in [6, 6.07) is 18.7. The zero-order chi connectivity index (χ0) is 23.7. The molecule has 5 aromatic rings. The number of pyridine rings is 1. The third-order valence-electron chi connectivity index (χ3n) is 5.70. The van der Waals surface area contributed by atoms with E-state index in [2.05, 4.69) is 20.5 Å². The van der Waals surface area contributed by atoms with E-state index in [4.69, 9.17) is 9.84 Å². The summed E-state index contributed by atoms with van der Waals surface area (Å²) in [4.78, 5) is 17.1. The Morgan fingerprint density at radius 2 is 1.82 bits per heavy atom. The van der Waals surface area contributed by atoms with Gasteiger partial charge in [-0.25, -0.2) is 0 Å². The molecule has 5 rings (SSSR count). The number of hydrogen-bond donors (Lipinski definition) is 1. The van der Waals surface area contributed by atoms with Gasteiger partial charge in [0.1, 0.15) is 5.75 Å². The molecule has 0 bridgehead atoms. The van der Waals surface area contributed by atoms with Crippen molar-refractivity contribution in [2.24, 2.45) is 0 Å². The molecule has 0 aliphatic heterocycles. The van der Waals surface area contributed by atoms with Gasteiger partial charge in [0.25, 0.3) is 5.91 Å². The van der Waals surface area contributed by atoms with Crippen molar-refractivity contribution in [3.05, 3.63) is 89.7 Å². The lowest BCUT2D eigenvalue weighted by Crippen LogP contribution is -2.12. The number of benzene rings is 2. The molecule has 0 unspecified atom stereocenters. The zero-order valence-corrected chi connectivity index (χ0v) is 19.0. The first kappa shape index (κ1) is 21.3. The summed E-state index contributed by atoms with van der Waals surface area (Å²) >= 11 is 0. The third kappa shape index (κ3) is 3.97. The van der Waals surface area contributed by atoms with Crippen LogP contribution in [-0.2, 0) is 0 Å². The molecule has 0 aliphatic rings. The van der Waals surface area contributed by atoms with Crippen molar-refractivity contribution in [2.45, 2.75) is 13.8 Å². The molecule has 1 amide bonds. The van der Waals surface area contributed by atoms with Crippen molar-refractivity contribution in [1.82, 2.24) is 24.8 Å². The first-order valence-electron chi connectivity index (χ1n) is 10.7. The molecule has 8 heteroatoms. The van der Waals surface area contributed by atoms with Gasteiger partial charge in [-0.15, -0.1) is 10.2 Å². The Hall–Kier alpha value is -4.59. The van der Waals surface area contributed by atoms with Gasteiger partial charge < -0.3 is 10.1 Å². The SMILES string of the molecule is COc1cc(C(=O)Nc2cccc(-c3ccc4nnc(-c5cccnc5)n4n3)c2)cc(C)c1C. The van der Waals surface area contributed by atoms with Gasteiger partial charge in [-0.1, -0.05) is 12.1 Å². The molecule has 2 aromatic carbocycles. The van der Waals surface area contributed by atoms with Crippen LogP contribution in [0.5, 0.6) is 5.75 Å². The van der Waals surface area contributed by atoms with Gasteiger partial charge in [0.2, 0.25) is 0 Å². The quantitative estimate of drug-likeness (QED) is 0.416. The fraction of sp³-hybridized carbons (Fsp3) is 0.115. The summed E-state index contributed by atoms with van der Waals surface area (Å²) in [6.45, 7) is 3.93. The lowest BCUT2D eigenvalue weighted by molar-refractivity contribution is 0.102. The number of methoxy groups -OCH3 is 1. The normalized spacial score (nSPS) is 10.9. The van der Waals surface area contributed by atoms with E-state index in [-0.39, 0.29) is 5.91 Å². The third-order valence-corrected chi connectivity index (χ3v) is 5.70. The van der Waals surface area contributed by atoms with Gasteiger partial charge in [-0.3, -0.25) is 9.78 Å². The van der Waals surface area contributed by atoms with E-state index in [1.165, 1.54) is 0 Å². The molecule has 0 spiro atoms. The number of anilines is 1. The van der Waals surface area contributed by atoms with Crippen LogP contribution in [0, 0.1) is 13.8 Å². The van der Waals surface area contributed by atoms with Crippen LogP contribution in [0.15, 0.2) is 73.1 Å². The molecule has 34 heavy (non-hydrogen) atoms. The smallest absolute Gasteiger partial charge is 0.255 e. The molecule has 0 saturated heterocycles. The molecule has 0 radical (unpaired) electrons. The highest BCUT2D eigenvalue weighted by Crippen LogP contribution is 2.26. The van der Waals surface area contributed by atoms with Gasteiger partial charge in [-0.2, -0.15) is 9.61 Å². The Bertz CT molecular complexity index is 1510. The molecular formula is C26H22N6O2. The van der Waals surface area contributed by atoms with Crippen molar-refractivity contribution < 1.29 is 9.53 Å². The minimum Gasteiger partial charge on any atom is -0.496 e. The maximum Gasteiger partial charge on any atom is 0.255 e. The number of fused-ring (bicyclic) bond motifs is 1. The average Bonchev–Trinajstić information content (AvgIpc) is 3.29. The van der Waals surface area contributed by atoms with E-state index in [0.717, 1.165) is 27.9 Å². The lowest BCUT2D eigenvalue weighted by atomic mass is 10.0. The van der Waals surface area contributed by atoms with Crippen LogP contribution >= 0.6 is 0 Å². The summed E-state index contributed by atoms with van der Waals surface area (Å²) in [6.07, 6.45) is 3.43. The number of carbonyl (C=O) groups excluding carboxylic acids is 1. The predicted molar refractivity (Wildman–Crippen MR) is 130 cm³/mol. The van der Waals surface area contributed by atoms with Crippen LogP contribution < -0.4 is 10.1 Å². The predicted octanol–water partition coefficient (Wildman–Crippen LogP) is 4.73. The van der Waals surface area contributed by atoms with Crippen LogP contribution in [0.3, 0.4) is 0 Å². The molecule has 0 fully saturated rings. The molecular weight excluding hydrogens is 428 g/mol. The fourth-order valence-corrected chi connectivity index (χ4v) is 3.75. The summed E-state index contributed by atoms with van der Waals surface area (Å²) < 4.78 is 7.10. The van der Waals surface area contributed by atoms with E-state index < -0.39 is 0 Å².